The molecule has 0 heterocycles. The molecule has 0 saturated heterocycles. The van der Waals surface area contributed by atoms with E-state index >= 15 is 0 Å². The monoisotopic (exact) mass is 252 g/mol. The Balaban J connectivity index is -0.000000135. The SMILES string of the molecule is CCCCC(CC)CC[SiH3].[Cl-].[Cl-].[Mg+2]. The van der Waals surface area contributed by atoms with Crippen LogP contribution in [0, 0.1) is 5.92 Å². The smallest absolute Gasteiger partial charge is 1.00 e. The normalized spacial score (nSPS) is 10.6. The number of halogens is 2. The summed E-state index contributed by atoms with van der Waals surface area (Å²) in [6.45, 7) is 4.62. The van der Waals surface area contributed by atoms with Crippen molar-refractivity contribution in [3.05, 3.63) is 0 Å². The van der Waals surface area contributed by atoms with E-state index in [9.17, 15) is 0 Å². The van der Waals surface area contributed by atoms with Crippen LogP contribution in [0.25, 0.3) is 0 Å². The molecular weight excluding hydrogens is 231 g/mol. The molecule has 0 saturated carbocycles. The third-order valence-electron chi connectivity index (χ3n) is 2.24. The molecule has 0 aromatic rings. The van der Waals surface area contributed by atoms with Gasteiger partial charge < -0.3 is 24.8 Å². The van der Waals surface area contributed by atoms with E-state index in [0.717, 1.165) is 5.92 Å². The summed E-state index contributed by atoms with van der Waals surface area (Å²) < 4.78 is 0. The summed E-state index contributed by atoms with van der Waals surface area (Å²) in [6.07, 6.45) is 7.21. The van der Waals surface area contributed by atoms with Gasteiger partial charge in [0.05, 0.1) is 0 Å². The summed E-state index contributed by atoms with van der Waals surface area (Å²) in [5, 5.41) is 0. The van der Waals surface area contributed by atoms with E-state index in [1.807, 2.05) is 0 Å². The van der Waals surface area contributed by atoms with Crippen molar-refractivity contribution in [2.24, 2.45) is 5.92 Å². The van der Waals surface area contributed by atoms with E-state index in [-0.39, 0.29) is 47.9 Å². The maximum absolute atomic E-state index is 2.33. The molecule has 0 N–H and O–H groups in total. The standard InChI is InChI=1S/C9H22Si.2ClH.Mg/c1-3-5-6-9(4-2)7-8-10;;;/h9H,3-8H2,1-2,10H3;2*1H;/q;;;+2/p-2. The van der Waals surface area contributed by atoms with Gasteiger partial charge in [0.2, 0.25) is 0 Å². The molecule has 1 unspecified atom stereocenters. The summed E-state index contributed by atoms with van der Waals surface area (Å²) in [6, 6.07) is 1.50. The Labute approximate surface area is 115 Å². The van der Waals surface area contributed by atoms with Gasteiger partial charge in [0, 0.05) is 10.2 Å². The van der Waals surface area contributed by atoms with Gasteiger partial charge in [0.1, 0.15) is 0 Å². The molecule has 0 amide bonds. The largest absolute Gasteiger partial charge is 2.00 e. The first-order valence-corrected chi connectivity index (χ1v) is 6.26. The van der Waals surface area contributed by atoms with Crippen molar-refractivity contribution in [1.29, 1.82) is 0 Å². The minimum atomic E-state index is 0. The molecule has 13 heavy (non-hydrogen) atoms. The summed E-state index contributed by atoms with van der Waals surface area (Å²) >= 11 is 0. The first-order chi connectivity index (χ1) is 4.85. The zero-order chi connectivity index (χ0) is 7.82. The molecule has 0 aliphatic rings. The van der Waals surface area contributed by atoms with Crippen LogP contribution in [0.5, 0.6) is 0 Å². The van der Waals surface area contributed by atoms with Crippen molar-refractivity contribution in [3.8, 4) is 0 Å². The van der Waals surface area contributed by atoms with Gasteiger partial charge >= 0.3 is 23.1 Å². The van der Waals surface area contributed by atoms with E-state index in [0.29, 0.717) is 0 Å². The van der Waals surface area contributed by atoms with Crippen LogP contribution in [0.4, 0.5) is 0 Å². The van der Waals surface area contributed by atoms with Gasteiger partial charge in [-0.25, -0.2) is 0 Å². The second-order valence-corrected chi connectivity index (χ2v) is 4.21. The molecule has 0 rings (SSSR count). The molecule has 0 aromatic carbocycles. The maximum Gasteiger partial charge on any atom is 2.00 e. The molecule has 4 heteroatoms. The molecule has 0 aromatic heterocycles. The fraction of sp³-hybridized carbons (Fsp3) is 1.00. The average Bonchev–Trinajstić information content (AvgIpc) is 1.98. The molecule has 0 radical (unpaired) electrons. The predicted octanol–water partition coefficient (Wildman–Crippen LogP) is -4.00. The first-order valence-electron chi connectivity index (χ1n) is 4.85. The van der Waals surface area contributed by atoms with E-state index in [1.54, 1.807) is 0 Å². The fourth-order valence-corrected chi connectivity index (χ4v) is 2.27. The quantitative estimate of drug-likeness (QED) is 0.424. The van der Waals surface area contributed by atoms with Gasteiger partial charge in [-0.15, -0.1) is 0 Å². The van der Waals surface area contributed by atoms with Gasteiger partial charge in [-0.1, -0.05) is 52.0 Å². The van der Waals surface area contributed by atoms with Crippen LogP contribution in [0.1, 0.15) is 46.0 Å². The Kier molecular flexibility index (Phi) is 35.4. The Morgan fingerprint density at radius 3 is 1.92 bits per heavy atom. The van der Waals surface area contributed by atoms with Crippen molar-refractivity contribution in [1.82, 2.24) is 0 Å². The van der Waals surface area contributed by atoms with E-state index in [4.69, 9.17) is 0 Å². The molecule has 0 aliphatic heterocycles. The number of hydrogen-bond donors (Lipinski definition) is 0. The predicted molar refractivity (Wildman–Crippen MR) is 58.4 cm³/mol. The molecule has 0 aliphatic carbocycles. The van der Waals surface area contributed by atoms with Crippen LogP contribution >= 0.6 is 0 Å². The first kappa shape index (κ1) is 24.0. The van der Waals surface area contributed by atoms with Crippen molar-refractivity contribution in [2.75, 3.05) is 0 Å². The second-order valence-electron chi connectivity index (χ2n) is 3.21. The zero-order valence-electron chi connectivity index (χ0n) is 9.28. The molecule has 1 atom stereocenters. The van der Waals surface area contributed by atoms with Crippen LogP contribution in [0.15, 0.2) is 0 Å². The Hall–Kier alpha value is 1.56. The topological polar surface area (TPSA) is 0 Å². The van der Waals surface area contributed by atoms with Crippen molar-refractivity contribution in [2.45, 2.75) is 52.0 Å². The summed E-state index contributed by atoms with van der Waals surface area (Å²) in [7, 11) is 1.40. The Morgan fingerprint density at radius 2 is 1.62 bits per heavy atom. The second kappa shape index (κ2) is 19.2. The maximum atomic E-state index is 2.33. The van der Waals surface area contributed by atoms with Crippen LogP contribution in [0.2, 0.25) is 6.04 Å². The van der Waals surface area contributed by atoms with Crippen LogP contribution < -0.4 is 24.8 Å². The van der Waals surface area contributed by atoms with Gasteiger partial charge in [0.15, 0.2) is 0 Å². The number of unbranched alkanes of at least 4 members (excludes halogenated alkanes) is 1. The number of hydrogen-bond acceptors (Lipinski definition) is 0. The molecular formula is C9H22Cl2MgSi. The minimum Gasteiger partial charge on any atom is -1.00 e. The van der Waals surface area contributed by atoms with Crippen molar-refractivity contribution in [3.63, 3.8) is 0 Å². The fourth-order valence-electron chi connectivity index (χ4n) is 1.45. The average molecular weight is 254 g/mol. The van der Waals surface area contributed by atoms with E-state index < -0.39 is 0 Å². The molecule has 78 valence electrons. The van der Waals surface area contributed by atoms with Gasteiger partial charge in [0.25, 0.3) is 0 Å². The number of rotatable bonds is 6. The molecule has 0 fully saturated rings. The van der Waals surface area contributed by atoms with Gasteiger partial charge in [-0.05, 0) is 5.92 Å². The summed E-state index contributed by atoms with van der Waals surface area (Å²) in [4.78, 5) is 0. The molecule has 0 bridgehead atoms. The van der Waals surface area contributed by atoms with Crippen LogP contribution in [-0.4, -0.2) is 33.3 Å². The Morgan fingerprint density at radius 1 is 1.08 bits per heavy atom. The van der Waals surface area contributed by atoms with Crippen molar-refractivity contribution >= 4 is 33.3 Å². The molecule has 0 spiro atoms. The third kappa shape index (κ3) is 16.3. The van der Waals surface area contributed by atoms with E-state index in [1.165, 1.54) is 48.4 Å². The molecule has 0 nitrogen and oxygen atoms in total. The van der Waals surface area contributed by atoms with Gasteiger partial charge in [-0.2, -0.15) is 0 Å². The summed E-state index contributed by atoms with van der Waals surface area (Å²) in [5.74, 6) is 1.05. The van der Waals surface area contributed by atoms with Gasteiger partial charge in [-0.3, -0.25) is 0 Å². The van der Waals surface area contributed by atoms with Crippen LogP contribution in [0.3, 0.4) is 0 Å². The van der Waals surface area contributed by atoms with Crippen molar-refractivity contribution < 1.29 is 24.8 Å². The Bertz CT molecular complexity index is 74.6. The third-order valence-corrected chi connectivity index (χ3v) is 2.82. The summed E-state index contributed by atoms with van der Waals surface area (Å²) in [5.41, 5.74) is 0. The van der Waals surface area contributed by atoms with E-state index in [2.05, 4.69) is 13.8 Å². The minimum absolute atomic E-state index is 0. The van der Waals surface area contributed by atoms with Crippen LogP contribution in [-0.2, 0) is 0 Å². The zero-order valence-corrected chi connectivity index (χ0v) is 14.2.